The van der Waals surface area contributed by atoms with Crippen LogP contribution in [0.25, 0.3) is 0 Å². The van der Waals surface area contributed by atoms with Gasteiger partial charge in [-0.25, -0.2) is 0 Å². The zero-order chi connectivity index (χ0) is 17.0. The predicted octanol–water partition coefficient (Wildman–Crippen LogP) is 1.92. The van der Waals surface area contributed by atoms with Gasteiger partial charge in [-0.2, -0.15) is 0 Å². The number of fused-ring (bicyclic) bond motifs is 1. The van der Waals surface area contributed by atoms with E-state index in [1.807, 2.05) is 6.92 Å². The number of likely N-dealkylation sites (N-methyl/N-ethyl adjacent to an activating group) is 1. The summed E-state index contributed by atoms with van der Waals surface area (Å²) in [6, 6.07) is 5.01. The number of anilines is 1. The van der Waals surface area contributed by atoms with Gasteiger partial charge in [0, 0.05) is 32.0 Å². The fraction of sp³-hybridized carbons (Fsp3) is 0.471. The van der Waals surface area contributed by atoms with Gasteiger partial charge in [0.15, 0.2) is 11.9 Å². The van der Waals surface area contributed by atoms with E-state index in [2.05, 4.69) is 5.32 Å². The summed E-state index contributed by atoms with van der Waals surface area (Å²) in [5.74, 6) is 0.180. The van der Waals surface area contributed by atoms with Crippen LogP contribution >= 0.6 is 0 Å². The van der Waals surface area contributed by atoms with Gasteiger partial charge in [-0.15, -0.1) is 0 Å². The van der Waals surface area contributed by atoms with Gasteiger partial charge in [0.2, 0.25) is 5.91 Å². The van der Waals surface area contributed by atoms with Crippen molar-refractivity contribution in [1.29, 1.82) is 0 Å². The van der Waals surface area contributed by atoms with Crippen LogP contribution in [0.3, 0.4) is 0 Å². The minimum Gasteiger partial charge on any atom is -0.479 e. The quantitative estimate of drug-likeness (QED) is 0.813. The first-order chi connectivity index (χ1) is 10.9. The van der Waals surface area contributed by atoms with Crippen molar-refractivity contribution in [2.75, 3.05) is 18.5 Å². The molecule has 1 aromatic carbocycles. The number of nitrogens with one attached hydrogen (secondary N) is 1. The van der Waals surface area contributed by atoms with Crippen LogP contribution in [0.2, 0.25) is 0 Å². The van der Waals surface area contributed by atoms with Crippen molar-refractivity contribution < 1.29 is 19.1 Å². The summed E-state index contributed by atoms with van der Waals surface area (Å²) >= 11 is 0. The molecule has 0 saturated heterocycles. The van der Waals surface area contributed by atoms with Crippen molar-refractivity contribution >= 4 is 23.3 Å². The first kappa shape index (κ1) is 17.0. The van der Waals surface area contributed by atoms with E-state index in [0.717, 1.165) is 6.42 Å². The Hall–Kier alpha value is -2.37. The van der Waals surface area contributed by atoms with E-state index in [1.54, 1.807) is 32.2 Å². The molecule has 0 fully saturated rings. The van der Waals surface area contributed by atoms with Crippen LogP contribution in [0.4, 0.5) is 5.69 Å². The van der Waals surface area contributed by atoms with Crippen molar-refractivity contribution in [2.45, 2.75) is 39.2 Å². The number of hydrogen-bond acceptors (Lipinski definition) is 4. The van der Waals surface area contributed by atoms with Crippen molar-refractivity contribution in [3.05, 3.63) is 23.8 Å². The molecule has 1 aliphatic heterocycles. The van der Waals surface area contributed by atoms with E-state index >= 15 is 0 Å². The van der Waals surface area contributed by atoms with Gasteiger partial charge in [0.25, 0.3) is 5.91 Å². The van der Waals surface area contributed by atoms with Gasteiger partial charge in [0.1, 0.15) is 5.75 Å². The number of carbonyl (C=O) groups is 3. The van der Waals surface area contributed by atoms with Crippen molar-refractivity contribution in [3.63, 3.8) is 0 Å². The van der Waals surface area contributed by atoms with Gasteiger partial charge in [-0.05, 0) is 31.5 Å². The molecule has 2 rings (SSSR count). The Morgan fingerprint density at radius 2 is 2.04 bits per heavy atom. The lowest BCUT2D eigenvalue weighted by atomic mass is 10.0. The molecule has 0 aromatic heterocycles. The SMILES string of the molecule is CCCNC(=O)CCC(=O)c1ccc2c(c1)N(C)C(=O)C(C)O2. The number of Topliss-reactive ketones (excluding diaryl/α,β-unsaturated/α-hetero) is 1. The van der Waals surface area contributed by atoms with E-state index in [-0.39, 0.29) is 30.4 Å². The van der Waals surface area contributed by atoms with E-state index in [9.17, 15) is 14.4 Å². The third kappa shape index (κ3) is 3.88. The molecule has 6 nitrogen and oxygen atoms in total. The Labute approximate surface area is 135 Å². The molecule has 2 amide bonds. The molecule has 1 heterocycles. The molecule has 0 radical (unpaired) electrons. The number of ether oxygens (including phenoxy) is 1. The number of rotatable bonds is 6. The summed E-state index contributed by atoms with van der Waals surface area (Å²) in [5.41, 5.74) is 1.05. The normalized spacial score (nSPS) is 16.6. The molecule has 1 atom stereocenters. The molecular weight excluding hydrogens is 296 g/mol. The van der Waals surface area contributed by atoms with Gasteiger partial charge < -0.3 is 15.0 Å². The highest BCUT2D eigenvalue weighted by Gasteiger charge is 2.29. The van der Waals surface area contributed by atoms with Crippen LogP contribution < -0.4 is 15.0 Å². The average Bonchev–Trinajstić information content (AvgIpc) is 2.55. The van der Waals surface area contributed by atoms with Crippen molar-refractivity contribution in [1.82, 2.24) is 5.32 Å². The molecule has 1 aliphatic rings. The van der Waals surface area contributed by atoms with Crippen LogP contribution in [0.5, 0.6) is 5.75 Å². The maximum absolute atomic E-state index is 12.2. The second-order valence-corrected chi connectivity index (χ2v) is 5.61. The molecule has 0 aliphatic carbocycles. The fourth-order valence-corrected chi connectivity index (χ4v) is 2.41. The monoisotopic (exact) mass is 318 g/mol. The Balaban J connectivity index is 2.05. The zero-order valence-corrected chi connectivity index (χ0v) is 13.7. The molecule has 1 aromatic rings. The van der Waals surface area contributed by atoms with Crippen LogP contribution in [-0.2, 0) is 9.59 Å². The molecule has 23 heavy (non-hydrogen) atoms. The summed E-state index contributed by atoms with van der Waals surface area (Å²) < 4.78 is 5.53. The van der Waals surface area contributed by atoms with Crippen LogP contribution in [0.1, 0.15) is 43.5 Å². The van der Waals surface area contributed by atoms with Gasteiger partial charge in [-0.3, -0.25) is 14.4 Å². The summed E-state index contributed by atoms with van der Waals surface area (Å²) in [6.45, 7) is 4.28. The minimum absolute atomic E-state index is 0.123. The Kier molecular flexibility index (Phi) is 5.36. The molecule has 1 unspecified atom stereocenters. The molecular formula is C17H22N2O4. The van der Waals surface area contributed by atoms with Crippen LogP contribution in [0, 0.1) is 0 Å². The van der Waals surface area contributed by atoms with Crippen LogP contribution in [0.15, 0.2) is 18.2 Å². The predicted molar refractivity (Wildman–Crippen MR) is 86.8 cm³/mol. The Morgan fingerprint density at radius 3 is 2.74 bits per heavy atom. The first-order valence-corrected chi connectivity index (χ1v) is 7.82. The van der Waals surface area contributed by atoms with E-state index in [1.165, 1.54) is 4.90 Å². The molecule has 0 spiro atoms. The zero-order valence-electron chi connectivity index (χ0n) is 13.7. The number of amides is 2. The summed E-state index contributed by atoms with van der Waals surface area (Å²) in [6.07, 6.45) is 0.640. The van der Waals surface area contributed by atoms with Crippen LogP contribution in [-0.4, -0.2) is 37.3 Å². The summed E-state index contributed by atoms with van der Waals surface area (Å²) in [5, 5.41) is 2.74. The number of benzene rings is 1. The highest BCUT2D eigenvalue weighted by atomic mass is 16.5. The van der Waals surface area contributed by atoms with E-state index in [0.29, 0.717) is 23.5 Å². The van der Waals surface area contributed by atoms with Crippen molar-refractivity contribution in [2.24, 2.45) is 0 Å². The highest BCUT2D eigenvalue weighted by Crippen LogP contribution is 2.34. The fourth-order valence-electron chi connectivity index (χ4n) is 2.41. The molecule has 124 valence electrons. The first-order valence-electron chi connectivity index (χ1n) is 7.82. The molecule has 0 bridgehead atoms. The minimum atomic E-state index is -0.531. The highest BCUT2D eigenvalue weighted by molar-refractivity contribution is 6.03. The maximum atomic E-state index is 12.2. The van der Waals surface area contributed by atoms with Gasteiger partial charge >= 0.3 is 0 Å². The number of nitrogens with zero attached hydrogens (tertiary/aromatic N) is 1. The summed E-state index contributed by atoms with van der Waals surface area (Å²) in [4.78, 5) is 37.2. The Bertz CT molecular complexity index is 627. The van der Waals surface area contributed by atoms with Gasteiger partial charge in [0.05, 0.1) is 5.69 Å². The average molecular weight is 318 g/mol. The maximum Gasteiger partial charge on any atom is 0.267 e. The second kappa shape index (κ2) is 7.26. The number of hydrogen-bond donors (Lipinski definition) is 1. The molecule has 0 saturated carbocycles. The lowest BCUT2D eigenvalue weighted by Crippen LogP contribution is -2.42. The molecule has 1 N–H and O–H groups in total. The standard InChI is InChI=1S/C17H22N2O4/c1-4-9-18-16(21)8-6-14(20)12-5-7-15-13(10-12)19(3)17(22)11(2)23-15/h5,7,10-11H,4,6,8-9H2,1-3H3,(H,18,21). The molecule has 6 heteroatoms. The van der Waals surface area contributed by atoms with Gasteiger partial charge in [-0.1, -0.05) is 6.92 Å². The third-order valence-corrected chi connectivity index (χ3v) is 3.78. The lowest BCUT2D eigenvalue weighted by Gasteiger charge is -2.30. The smallest absolute Gasteiger partial charge is 0.267 e. The largest absolute Gasteiger partial charge is 0.479 e. The number of ketones is 1. The van der Waals surface area contributed by atoms with Crippen molar-refractivity contribution in [3.8, 4) is 5.75 Å². The summed E-state index contributed by atoms with van der Waals surface area (Å²) in [7, 11) is 1.66. The third-order valence-electron chi connectivity index (χ3n) is 3.78. The lowest BCUT2D eigenvalue weighted by molar-refractivity contribution is -0.125. The topological polar surface area (TPSA) is 75.7 Å². The van der Waals surface area contributed by atoms with E-state index in [4.69, 9.17) is 4.74 Å². The Morgan fingerprint density at radius 1 is 1.30 bits per heavy atom. The van der Waals surface area contributed by atoms with E-state index < -0.39 is 6.10 Å². The second-order valence-electron chi connectivity index (χ2n) is 5.61. The number of carbonyl (C=O) groups excluding carboxylic acids is 3.